The van der Waals surface area contributed by atoms with E-state index >= 15 is 0 Å². The summed E-state index contributed by atoms with van der Waals surface area (Å²) in [7, 11) is 0. The van der Waals surface area contributed by atoms with Gasteiger partial charge in [-0.2, -0.15) is 0 Å². The summed E-state index contributed by atoms with van der Waals surface area (Å²) in [5.74, 6) is 0.899. The molecule has 0 heterocycles. The first-order chi connectivity index (χ1) is 5.16. The van der Waals surface area contributed by atoms with Gasteiger partial charge in [0.05, 0.1) is 0 Å². The highest BCUT2D eigenvalue weighted by atomic mass is 79.9. The Kier molecular flexibility index (Phi) is 7.46. The quantitative estimate of drug-likeness (QED) is 0.461. The molecular formula is C10H21Br. The van der Waals surface area contributed by atoms with E-state index in [1.54, 1.807) is 0 Å². The lowest BCUT2D eigenvalue weighted by molar-refractivity contribution is 0.466. The van der Waals surface area contributed by atoms with E-state index in [4.69, 9.17) is 0 Å². The molecule has 0 radical (unpaired) electrons. The van der Waals surface area contributed by atoms with Crippen LogP contribution in [-0.4, -0.2) is 4.83 Å². The Labute approximate surface area is 79.9 Å². The zero-order valence-corrected chi connectivity index (χ0v) is 9.65. The lowest BCUT2D eigenvalue weighted by Crippen LogP contribution is -2.01. The highest BCUT2D eigenvalue weighted by Crippen LogP contribution is 2.18. The Morgan fingerprint density at radius 3 is 2.27 bits per heavy atom. The first kappa shape index (κ1) is 11.5. The topological polar surface area (TPSA) is 0 Å². The largest absolute Gasteiger partial charge is 0.0894 e. The Morgan fingerprint density at radius 2 is 1.82 bits per heavy atom. The predicted molar refractivity (Wildman–Crippen MR) is 56.3 cm³/mol. The second kappa shape index (κ2) is 7.15. The van der Waals surface area contributed by atoms with Gasteiger partial charge in [-0.1, -0.05) is 62.4 Å². The van der Waals surface area contributed by atoms with Crippen LogP contribution >= 0.6 is 15.9 Å². The second-order valence-electron chi connectivity index (χ2n) is 3.62. The van der Waals surface area contributed by atoms with Crippen molar-refractivity contribution in [1.29, 1.82) is 0 Å². The maximum absolute atomic E-state index is 3.58. The van der Waals surface area contributed by atoms with Crippen molar-refractivity contribution in [2.75, 3.05) is 0 Å². The molecule has 0 saturated heterocycles. The van der Waals surface area contributed by atoms with E-state index < -0.39 is 0 Å². The average molecular weight is 221 g/mol. The fourth-order valence-corrected chi connectivity index (χ4v) is 2.05. The number of unbranched alkanes of at least 4 members (excludes halogenated alkanes) is 2. The zero-order chi connectivity index (χ0) is 8.69. The van der Waals surface area contributed by atoms with Crippen LogP contribution in [0.5, 0.6) is 0 Å². The molecule has 0 aliphatic carbocycles. The predicted octanol–water partition coefficient (Wildman–Crippen LogP) is 4.38. The van der Waals surface area contributed by atoms with Crippen LogP contribution in [-0.2, 0) is 0 Å². The molecule has 68 valence electrons. The summed E-state index contributed by atoms with van der Waals surface area (Å²) in [6.07, 6.45) is 6.89. The van der Waals surface area contributed by atoms with E-state index in [9.17, 15) is 0 Å². The fraction of sp³-hybridized carbons (Fsp3) is 1.00. The minimum atomic E-state index is 0.694. The molecule has 0 aromatic heterocycles. The van der Waals surface area contributed by atoms with Crippen molar-refractivity contribution in [2.45, 2.75) is 57.7 Å². The molecule has 0 rings (SSSR count). The molecule has 2 unspecified atom stereocenters. The van der Waals surface area contributed by atoms with Crippen molar-refractivity contribution < 1.29 is 0 Å². The highest BCUT2D eigenvalue weighted by molar-refractivity contribution is 9.09. The van der Waals surface area contributed by atoms with E-state index in [1.165, 1.54) is 32.1 Å². The Morgan fingerprint density at radius 1 is 1.18 bits per heavy atom. The molecule has 0 aromatic rings. The molecule has 0 bridgehead atoms. The van der Waals surface area contributed by atoms with Gasteiger partial charge in [0.1, 0.15) is 0 Å². The fourth-order valence-electron chi connectivity index (χ4n) is 1.42. The summed E-state index contributed by atoms with van der Waals surface area (Å²) in [6, 6.07) is 0. The Bertz CT molecular complexity index is 78.9. The lowest BCUT2D eigenvalue weighted by Gasteiger charge is -2.11. The third-order valence-electron chi connectivity index (χ3n) is 2.03. The maximum Gasteiger partial charge on any atom is 0.0120 e. The standard InChI is InChI=1S/C10H21Br/c1-4-5-6-7-9(2)8-10(3)11/h9-10H,4-8H2,1-3H3. The number of halogens is 1. The van der Waals surface area contributed by atoms with Gasteiger partial charge in [0.25, 0.3) is 0 Å². The van der Waals surface area contributed by atoms with Crippen molar-refractivity contribution in [3.05, 3.63) is 0 Å². The summed E-state index contributed by atoms with van der Waals surface area (Å²) < 4.78 is 0. The van der Waals surface area contributed by atoms with Crippen LogP contribution in [0.15, 0.2) is 0 Å². The molecule has 11 heavy (non-hydrogen) atoms. The van der Waals surface area contributed by atoms with E-state index in [2.05, 4.69) is 36.7 Å². The first-order valence-corrected chi connectivity index (χ1v) is 5.72. The van der Waals surface area contributed by atoms with E-state index in [-0.39, 0.29) is 0 Å². The average Bonchev–Trinajstić information content (AvgIpc) is 1.86. The molecule has 0 amide bonds. The summed E-state index contributed by atoms with van der Waals surface area (Å²) in [5.41, 5.74) is 0. The van der Waals surface area contributed by atoms with Gasteiger partial charge in [-0.05, 0) is 12.3 Å². The molecule has 0 N–H and O–H groups in total. The van der Waals surface area contributed by atoms with Gasteiger partial charge in [0, 0.05) is 4.83 Å². The lowest BCUT2D eigenvalue weighted by atomic mass is 9.99. The molecule has 0 aliphatic heterocycles. The smallest absolute Gasteiger partial charge is 0.0120 e. The third-order valence-corrected chi connectivity index (χ3v) is 2.40. The number of alkyl halides is 1. The number of hydrogen-bond acceptors (Lipinski definition) is 0. The summed E-state index contributed by atoms with van der Waals surface area (Å²) in [5, 5.41) is 0. The van der Waals surface area contributed by atoms with Crippen molar-refractivity contribution in [2.24, 2.45) is 5.92 Å². The van der Waals surface area contributed by atoms with Crippen molar-refractivity contribution in [3.8, 4) is 0 Å². The molecule has 0 fully saturated rings. The highest BCUT2D eigenvalue weighted by Gasteiger charge is 2.04. The van der Waals surface area contributed by atoms with E-state index in [0.29, 0.717) is 4.83 Å². The second-order valence-corrected chi connectivity index (χ2v) is 5.18. The number of hydrogen-bond donors (Lipinski definition) is 0. The third kappa shape index (κ3) is 8.39. The van der Waals surface area contributed by atoms with Crippen molar-refractivity contribution in [3.63, 3.8) is 0 Å². The summed E-state index contributed by atoms with van der Waals surface area (Å²) in [6.45, 7) is 6.85. The monoisotopic (exact) mass is 220 g/mol. The van der Waals surface area contributed by atoms with Gasteiger partial charge < -0.3 is 0 Å². The molecule has 2 atom stereocenters. The summed E-state index contributed by atoms with van der Waals surface area (Å²) in [4.78, 5) is 0.694. The molecule has 0 aromatic carbocycles. The molecule has 0 nitrogen and oxygen atoms in total. The van der Waals surface area contributed by atoms with Crippen LogP contribution in [0.3, 0.4) is 0 Å². The van der Waals surface area contributed by atoms with Crippen LogP contribution in [0.2, 0.25) is 0 Å². The van der Waals surface area contributed by atoms with Crippen LogP contribution in [0.1, 0.15) is 52.9 Å². The zero-order valence-electron chi connectivity index (χ0n) is 8.07. The molecule has 0 spiro atoms. The van der Waals surface area contributed by atoms with Gasteiger partial charge in [-0.15, -0.1) is 0 Å². The van der Waals surface area contributed by atoms with E-state index in [1.807, 2.05) is 0 Å². The molecular weight excluding hydrogens is 200 g/mol. The van der Waals surface area contributed by atoms with Gasteiger partial charge in [-0.25, -0.2) is 0 Å². The van der Waals surface area contributed by atoms with Gasteiger partial charge in [0.2, 0.25) is 0 Å². The van der Waals surface area contributed by atoms with Gasteiger partial charge in [0.15, 0.2) is 0 Å². The van der Waals surface area contributed by atoms with Crippen LogP contribution < -0.4 is 0 Å². The summed E-state index contributed by atoms with van der Waals surface area (Å²) >= 11 is 3.58. The SMILES string of the molecule is CCCCCC(C)CC(C)Br. The van der Waals surface area contributed by atoms with Gasteiger partial charge >= 0.3 is 0 Å². The minimum absolute atomic E-state index is 0.694. The van der Waals surface area contributed by atoms with Gasteiger partial charge in [-0.3, -0.25) is 0 Å². The van der Waals surface area contributed by atoms with Crippen molar-refractivity contribution >= 4 is 15.9 Å². The molecule has 1 heteroatoms. The Balaban J connectivity index is 3.15. The maximum atomic E-state index is 3.58. The Hall–Kier alpha value is 0.480. The van der Waals surface area contributed by atoms with Crippen molar-refractivity contribution in [1.82, 2.24) is 0 Å². The molecule has 0 aliphatic rings. The molecule has 0 saturated carbocycles. The normalized spacial score (nSPS) is 16.4. The van der Waals surface area contributed by atoms with Crippen LogP contribution in [0.25, 0.3) is 0 Å². The first-order valence-electron chi connectivity index (χ1n) is 4.80. The van der Waals surface area contributed by atoms with Crippen LogP contribution in [0, 0.1) is 5.92 Å². The number of rotatable bonds is 6. The van der Waals surface area contributed by atoms with E-state index in [0.717, 1.165) is 5.92 Å². The van der Waals surface area contributed by atoms with Crippen LogP contribution in [0.4, 0.5) is 0 Å². The minimum Gasteiger partial charge on any atom is -0.0894 e.